The first-order valence-electron chi connectivity index (χ1n) is 14.1. The number of ether oxygens (including phenoxy) is 1. The van der Waals surface area contributed by atoms with Gasteiger partial charge in [-0.15, -0.1) is 0 Å². The van der Waals surface area contributed by atoms with Crippen LogP contribution in [-0.4, -0.2) is 12.4 Å². The molecule has 1 aromatic rings. The number of benzene rings is 1. The lowest BCUT2D eigenvalue weighted by Gasteiger charge is -2.29. The van der Waals surface area contributed by atoms with E-state index in [-0.39, 0.29) is 0 Å². The third-order valence-electron chi connectivity index (χ3n) is 8.03. The van der Waals surface area contributed by atoms with Gasteiger partial charge in [0.25, 0.3) is 0 Å². The lowest BCUT2D eigenvalue weighted by Crippen LogP contribution is -2.19. The van der Waals surface area contributed by atoms with E-state index in [1.807, 2.05) is 0 Å². The van der Waals surface area contributed by atoms with Crippen LogP contribution in [-0.2, 0) is 4.79 Å². The Hall–Kier alpha value is -1.57. The first kappa shape index (κ1) is 26.0. The summed E-state index contributed by atoms with van der Waals surface area (Å²) in [6, 6.07) is 8.78. The number of carbonyl (C=O) groups excluding carboxylic acids is 1. The average Bonchev–Trinajstić information content (AvgIpc) is 2.85. The van der Waals surface area contributed by atoms with Crippen LogP contribution in [0.1, 0.15) is 128 Å². The van der Waals surface area contributed by atoms with E-state index in [2.05, 4.69) is 44.2 Å². The molecule has 1 unspecified atom stereocenters. The zero-order valence-electron chi connectivity index (χ0n) is 21.5. The highest BCUT2D eigenvalue weighted by atomic mass is 16.5. The van der Waals surface area contributed by atoms with Gasteiger partial charge in [0.05, 0.1) is 6.61 Å². The van der Waals surface area contributed by atoms with Crippen molar-refractivity contribution in [2.45, 2.75) is 122 Å². The molecule has 184 valence electrons. The fraction of sp³-hybridized carbons (Fsp3) is 0.710. The van der Waals surface area contributed by atoms with Crippen molar-refractivity contribution < 1.29 is 9.53 Å². The molecule has 0 N–H and O–H groups in total. The van der Waals surface area contributed by atoms with Crippen molar-refractivity contribution in [3.05, 3.63) is 41.5 Å². The third-order valence-corrected chi connectivity index (χ3v) is 8.03. The topological polar surface area (TPSA) is 26.3 Å². The molecule has 33 heavy (non-hydrogen) atoms. The molecule has 0 saturated heterocycles. The van der Waals surface area contributed by atoms with Crippen molar-refractivity contribution in [2.75, 3.05) is 6.61 Å². The van der Waals surface area contributed by atoms with Crippen molar-refractivity contribution in [1.29, 1.82) is 0 Å². The van der Waals surface area contributed by atoms with Crippen LogP contribution in [0, 0.1) is 11.8 Å². The summed E-state index contributed by atoms with van der Waals surface area (Å²) >= 11 is 0. The summed E-state index contributed by atoms with van der Waals surface area (Å²) in [4.78, 5) is 12.9. The van der Waals surface area contributed by atoms with Crippen LogP contribution in [0.5, 0.6) is 5.75 Å². The van der Waals surface area contributed by atoms with Crippen LogP contribution in [0.4, 0.5) is 0 Å². The van der Waals surface area contributed by atoms with E-state index >= 15 is 0 Å². The van der Waals surface area contributed by atoms with E-state index in [1.165, 1.54) is 82.6 Å². The van der Waals surface area contributed by atoms with Gasteiger partial charge in [-0.05, 0) is 92.4 Å². The van der Waals surface area contributed by atoms with E-state index in [0.717, 1.165) is 49.5 Å². The Morgan fingerprint density at radius 3 is 2.24 bits per heavy atom. The molecule has 0 heterocycles. The summed E-state index contributed by atoms with van der Waals surface area (Å²) in [6.07, 6.45) is 21.8. The zero-order chi connectivity index (χ0) is 23.3. The van der Waals surface area contributed by atoms with E-state index in [9.17, 15) is 4.79 Å². The highest BCUT2D eigenvalue weighted by molar-refractivity contribution is 5.95. The highest BCUT2D eigenvalue weighted by Gasteiger charge is 2.26. The molecule has 1 atom stereocenters. The first-order valence-corrected chi connectivity index (χ1v) is 14.1. The first-order chi connectivity index (χ1) is 16.2. The molecule has 0 bridgehead atoms. The Labute approximate surface area is 203 Å². The van der Waals surface area contributed by atoms with Gasteiger partial charge in [-0.25, -0.2) is 0 Å². The molecule has 0 spiro atoms. The van der Waals surface area contributed by atoms with Gasteiger partial charge in [0.15, 0.2) is 5.78 Å². The van der Waals surface area contributed by atoms with Gasteiger partial charge < -0.3 is 4.74 Å². The normalized spacial score (nSPS) is 23.2. The summed E-state index contributed by atoms with van der Waals surface area (Å²) in [5, 5.41) is 0. The van der Waals surface area contributed by atoms with Crippen molar-refractivity contribution in [1.82, 2.24) is 0 Å². The second-order valence-electron chi connectivity index (χ2n) is 10.7. The lowest BCUT2D eigenvalue weighted by atomic mass is 9.76. The van der Waals surface area contributed by atoms with E-state index in [0.29, 0.717) is 17.6 Å². The highest BCUT2D eigenvalue weighted by Crippen LogP contribution is 2.38. The number of hydrogen-bond acceptors (Lipinski definition) is 2. The second kappa shape index (κ2) is 14.6. The van der Waals surface area contributed by atoms with Gasteiger partial charge in [0, 0.05) is 6.42 Å². The lowest BCUT2D eigenvalue weighted by molar-refractivity contribution is -0.117. The van der Waals surface area contributed by atoms with Gasteiger partial charge in [-0.2, -0.15) is 0 Å². The van der Waals surface area contributed by atoms with Crippen LogP contribution in [0.2, 0.25) is 0 Å². The Bertz CT molecular complexity index is 709. The molecular weight excluding hydrogens is 404 g/mol. The van der Waals surface area contributed by atoms with Gasteiger partial charge >= 0.3 is 0 Å². The minimum absolute atomic E-state index is 0.452. The SMILES string of the molecule is CCCCCCCC1CC=C(C(=O)C[C@H]2CC[C@H](c3ccc(OCCCC)cc3)CC2)CC1. The molecule has 2 aliphatic carbocycles. The maximum atomic E-state index is 12.9. The smallest absolute Gasteiger partial charge is 0.158 e. The number of unbranched alkanes of at least 4 members (excludes halogenated alkanes) is 5. The second-order valence-corrected chi connectivity index (χ2v) is 10.7. The van der Waals surface area contributed by atoms with Crippen LogP contribution in [0.15, 0.2) is 35.9 Å². The number of rotatable bonds is 14. The number of Topliss-reactive ketones (excluding diaryl/α,β-unsaturated/α-hetero) is 1. The molecule has 3 rings (SSSR count). The number of carbonyl (C=O) groups is 1. The van der Waals surface area contributed by atoms with Gasteiger partial charge in [-0.3, -0.25) is 4.79 Å². The largest absolute Gasteiger partial charge is 0.494 e. The van der Waals surface area contributed by atoms with Gasteiger partial charge in [0.1, 0.15) is 5.75 Å². The summed E-state index contributed by atoms with van der Waals surface area (Å²) in [5.74, 6) is 3.50. The fourth-order valence-corrected chi connectivity index (χ4v) is 5.70. The maximum Gasteiger partial charge on any atom is 0.158 e. The summed E-state index contributed by atoms with van der Waals surface area (Å²) in [5.41, 5.74) is 2.59. The quantitative estimate of drug-likeness (QED) is 0.263. The number of ketones is 1. The molecular formula is C31H48O2. The van der Waals surface area contributed by atoms with Crippen molar-refractivity contribution >= 4 is 5.78 Å². The molecule has 0 amide bonds. The van der Waals surface area contributed by atoms with Gasteiger partial charge in [0.2, 0.25) is 0 Å². The molecule has 1 saturated carbocycles. The van der Waals surface area contributed by atoms with E-state index < -0.39 is 0 Å². The van der Waals surface area contributed by atoms with Crippen LogP contribution in [0.3, 0.4) is 0 Å². The molecule has 0 aliphatic heterocycles. The van der Waals surface area contributed by atoms with Crippen LogP contribution >= 0.6 is 0 Å². The van der Waals surface area contributed by atoms with Crippen LogP contribution in [0.25, 0.3) is 0 Å². The predicted octanol–water partition coefficient (Wildman–Crippen LogP) is 9.19. The Morgan fingerprint density at radius 2 is 1.58 bits per heavy atom. The number of allylic oxidation sites excluding steroid dienone is 2. The molecule has 2 aliphatic rings. The standard InChI is InChI=1S/C31H48O2/c1-3-5-7-8-9-10-25-11-17-29(18-12-25)31(32)24-26-13-15-27(16-14-26)28-19-21-30(22-20-28)33-23-6-4-2/h17,19-22,25-27H,3-16,18,23-24H2,1-2H3/t25?,26-,27-. The summed E-state index contributed by atoms with van der Waals surface area (Å²) in [7, 11) is 0. The molecule has 0 aromatic heterocycles. The summed E-state index contributed by atoms with van der Waals surface area (Å²) in [6.45, 7) is 5.28. The number of hydrogen-bond donors (Lipinski definition) is 0. The molecule has 1 aromatic carbocycles. The Morgan fingerprint density at radius 1 is 0.848 bits per heavy atom. The average molecular weight is 453 g/mol. The Balaban J connectivity index is 1.35. The minimum atomic E-state index is 0.452. The predicted molar refractivity (Wildman–Crippen MR) is 140 cm³/mol. The minimum Gasteiger partial charge on any atom is -0.494 e. The van der Waals surface area contributed by atoms with Crippen molar-refractivity contribution in [3.63, 3.8) is 0 Å². The molecule has 2 nitrogen and oxygen atoms in total. The van der Waals surface area contributed by atoms with E-state index in [1.54, 1.807) is 0 Å². The van der Waals surface area contributed by atoms with E-state index in [4.69, 9.17) is 4.74 Å². The molecule has 1 fully saturated rings. The zero-order valence-corrected chi connectivity index (χ0v) is 21.5. The monoisotopic (exact) mass is 452 g/mol. The third kappa shape index (κ3) is 8.95. The van der Waals surface area contributed by atoms with Crippen molar-refractivity contribution in [2.24, 2.45) is 11.8 Å². The van der Waals surface area contributed by atoms with Gasteiger partial charge in [-0.1, -0.05) is 77.0 Å². The van der Waals surface area contributed by atoms with Crippen molar-refractivity contribution in [3.8, 4) is 5.75 Å². The summed E-state index contributed by atoms with van der Waals surface area (Å²) < 4.78 is 5.80. The maximum absolute atomic E-state index is 12.9. The molecule has 2 heteroatoms. The van der Waals surface area contributed by atoms with Crippen LogP contribution < -0.4 is 4.74 Å². The molecule has 0 radical (unpaired) electrons. The Kier molecular flexibility index (Phi) is 11.6. The fourth-order valence-electron chi connectivity index (χ4n) is 5.70.